The molecule has 0 amide bonds. The summed E-state index contributed by atoms with van der Waals surface area (Å²) in [6.07, 6.45) is 4.91. The van der Waals surface area contributed by atoms with Gasteiger partial charge in [-0.05, 0) is 37.3 Å². The van der Waals surface area contributed by atoms with Gasteiger partial charge in [-0.1, -0.05) is 12.1 Å². The minimum atomic E-state index is -0.772. The molecule has 3 aromatic rings. The van der Waals surface area contributed by atoms with Gasteiger partial charge in [0.1, 0.15) is 5.76 Å². The Morgan fingerprint density at radius 3 is 2.80 bits per heavy atom. The van der Waals surface area contributed by atoms with Gasteiger partial charge in [0, 0.05) is 37.6 Å². The van der Waals surface area contributed by atoms with Gasteiger partial charge in [-0.25, -0.2) is 4.98 Å². The van der Waals surface area contributed by atoms with Crippen molar-refractivity contribution >= 4 is 11.3 Å². The Kier molecular flexibility index (Phi) is 4.41. The molecule has 1 aliphatic heterocycles. The van der Waals surface area contributed by atoms with Crippen LogP contribution in [0, 0.1) is 6.92 Å². The number of rotatable bonds is 4. The summed E-state index contributed by atoms with van der Waals surface area (Å²) in [5.41, 5.74) is 1.12. The average Bonchev–Trinajstić information content (AvgIpc) is 3.28. The van der Waals surface area contributed by atoms with Gasteiger partial charge in [0.2, 0.25) is 5.89 Å². The summed E-state index contributed by atoms with van der Waals surface area (Å²) in [5.74, 6) is 1.57. The third kappa shape index (κ3) is 3.38. The van der Waals surface area contributed by atoms with Gasteiger partial charge in [0.05, 0.1) is 16.2 Å². The minimum Gasteiger partial charge on any atom is -0.440 e. The molecule has 0 saturated carbocycles. The number of oxazole rings is 1. The van der Waals surface area contributed by atoms with E-state index in [-0.39, 0.29) is 0 Å². The standard InChI is InChI=1S/C19H21N3O2S/c1-14-16(21-18(24-14)17-5-3-11-25-17)13-22-9-6-19(23,7-10-22)15-4-2-8-20-12-15/h2-5,8,11-12,23H,6-7,9-10,13H2,1H3. The van der Waals surface area contributed by atoms with E-state index >= 15 is 0 Å². The maximum atomic E-state index is 10.9. The molecule has 0 aromatic carbocycles. The molecule has 1 fully saturated rings. The van der Waals surface area contributed by atoms with E-state index in [0.29, 0.717) is 18.7 Å². The number of aryl methyl sites for hydroxylation is 1. The normalized spacial score (nSPS) is 17.7. The molecule has 6 heteroatoms. The van der Waals surface area contributed by atoms with Crippen LogP contribution in [0.3, 0.4) is 0 Å². The number of piperidine rings is 1. The number of aliphatic hydroxyl groups is 1. The van der Waals surface area contributed by atoms with Crippen LogP contribution in [0.2, 0.25) is 0 Å². The molecule has 4 heterocycles. The van der Waals surface area contributed by atoms with Crippen LogP contribution in [0.15, 0.2) is 46.5 Å². The number of aromatic nitrogens is 2. The van der Waals surface area contributed by atoms with Gasteiger partial charge in [-0.3, -0.25) is 9.88 Å². The maximum Gasteiger partial charge on any atom is 0.236 e. The lowest BCUT2D eigenvalue weighted by molar-refractivity contribution is -0.0282. The smallest absolute Gasteiger partial charge is 0.236 e. The third-order valence-electron chi connectivity index (χ3n) is 4.88. The van der Waals surface area contributed by atoms with Crippen molar-refractivity contribution in [3.63, 3.8) is 0 Å². The fourth-order valence-electron chi connectivity index (χ4n) is 3.30. The van der Waals surface area contributed by atoms with Crippen molar-refractivity contribution in [1.82, 2.24) is 14.9 Å². The lowest BCUT2D eigenvalue weighted by Gasteiger charge is -2.38. The first kappa shape index (κ1) is 16.4. The van der Waals surface area contributed by atoms with Crippen LogP contribution in [-0.2, 0) is 12.1 Å². The van der Waals surface area contributed by atoms with Gasteiger partial charge in [0.15, 0.2) is 0 Å². The molecule has 1 aliphatic rings. The van der Waals surface area contributed by atoms with E-state index < -0.39 is 5.60 Å². The predicted molar refractivity (Wildman–Crippen MR) is 97.2 cm³/mol. The number of thiophene rings is 1. The van der Waals surface area contributed by atoms with Crippen molar-refractivity contribution in [2.45, 2.75) is 31.9 Å². The summed E-state index contributed by atoms with van der Waals surface area (Å²) < 4.78 is 5.83. The minimum absolute atomic E-state index is 0.700. The Labute approximate surface area is 151 Å². The van der Waals surface area contributed by atoms with Crippen molar-refractivity contribution in [3.8, 4) is 10.8 Å². The molecule has 0 radical (unpaired) electrons. The fraction of sp³-hybridized carbons (Fsp3) is 0.368. The molecule has 25 heavy (non-hydrogen) atoms. The second-order valence-corrected chi connectivity index (χ2v) is 7.50. The summed E-state index contributed by atoms with van der Waals surface area (Å²) in [6, 6.07) is 7.86. The Balaban J connectivity index is 1.42. The number of hydrogen-bond acceptors (Lipinski definition) is 6. The zero-order valence-corrected chi connectivity index (χ0v) is 15.0. The van der Waals surface area contributed by atoms with E-state index in [1.54, 1.807) is 23.7 Å². The molecule has 1 N–H and O–H groups in total. The molecule has 130 valence electrons. The van der Waals surface area contributed by atoms with E-state index in [1.807, 2.05) is 36.6 Å². The van der Waals surface area contributed by atoms with Crippen molar-refractivity contribution in [3.05, 3.63) is 59.1 Å². The van der Waals surface area contributed by atoms with Crippen LogP contribution in [-0.4, -0.2) is 33.1 Å². The van der Waals surface area contributed by atoms with Crippen LogP contribution < -0.4 is 0 Å². The zero-order chi connectivity index (χ0) is 17.3. The summed E-state index contributed by atoms with van der Waals surface area (Å²) in [7, 11) is 0. The highest BCUT2D eigenvalue weighted by Crippen LogP contribution is 2.33. The maximum absolute atomic E-state index is 10.9. The molecule has 0 spiro atoms. The van der Waals surface area contributed by atoms with Crippen molar-refractivity contribution < 1.29 is 9.52 Å². The van der Waals surface area contributed by atoms with Crippen LogP contribution in [0.25, 0.3) is 10.8 Å². The molecule has 0 bridgehead atoms. The fourth-order valence-corrected chi connectivity index (χ4v) is 3.95. The highest BCUT2D eigenvalue weighted by Gasteiger charge is 2.34. The molecule has 0 unspecified atom stereocenters. The summed E-state index contributed by atoms with van der Waals surface area (Å²) in [5, 5.41) is 12.9. The third-order valence-corrected chi connectivity index (χ3v) is 5.74. The average molecular weight is 355 g/mol. The molecular weight excluding hydrogens is 334 g/mol. The predicted octanol–water partition coefficient (Wildman–Crippen LogP) is 3.59. The Morgan fingerprint density at radius 1 is 1.28 bits per heavy atom. The van der Waals surface area contributed by atoms with Crippen LogP contribution in [0.1, 0.15) is 29.9 Å². The number of hydrogen-bond donors (Lipinski definition) is 1. The first-order valence-electron chi connectivity index (χ1n) is 8.49. The number of nitrogens with zero attached hydrogens (tertiary/aromatic N) is 3. The highest BCUT2D eigenvalue weighted by atomic mass is 32.1. The SMILES string of the molecule is Cc1oc(-c2cccs2)nc1CN1CCC(O)(c2cccnc2)CC1. The topological polar surface area (TPSA) is 62.4 Å². The summed E-state index contributed by atoms with van der Waals surface area (Å²) in [6.45, 7) is 4.37. The molecule has 4 rings (SSSR count). The van der Waals surface area contributed by atoms with E-state index in [0.717, 1.165) is 41.5 Å². The number of pyridine rings is 1. The summed E-state index contributed by atoms with van der Waals surface area (Å²) >= 11 is 1.63. The summed E-state index contributed by atoms with van der Waals surface area (Å²) in [4.78, 5) is 12.2. The van der Waals surface area contributed by atoms with Gasteiger partial charge >= 0.3 is 0 Å². The van der Waals surface area contributed by atoms with E-state index in [1.165, 1.54) is 0 Å². The van der Waals surface area contributed by atoms with E-state index in [2.05, 4.69) is 14.9 Å². The van der Waals surface area contributed by atoms with Gasteiger partial charge in [-0.15, -0.1) is 11.3 Å². The van der Waals surface area contributed by atoms with Crippen LogP contribution >= 0.6 is 11.3 Å². The first-order chi connectivity index (χ1) is 12.1. The van der Waals surface area contributed by atoms with Crippen LogP contribution in [0.5, 0.6) is 0 Å². The van der Waals surface area contributed by atoms with E-state index in [9.17, 15) is 5.11 Å². The van der Waals surface area contributed by atoms with Crippen molar-refractivity contribution in [2.24, 2.45) is 0 Å². The monoisotopic (exact) mass is 355 g/mol. The molecular formula is C19H21N3O2S. The lowest BCUT2D eigenvalue weighted by atomic mass is 9.85. The van der Waals surface area contributed by atoms with Crippen molar-refractivity contribution in [1.29, 1.82) is 0 Å². The Morgan fingerprint density at radius 2 is 2.12 bits per heavy atom. The second-order valence-electron chi connectivity index (χ2n) is 6.55. The molecule has 3 aromatic heterocycles. The van der Waals surface area contributed by atoms with Gasteiger partial charge < -0.3 is 9.52 Å². The van der Waals surface area contributed by atoms with Crippen LogP contribution in [0.4, 0.5) is 0 Å². The first-order valence-corrected chi connectivity index (χ1v) is 9.37. The van der Waals surface area contributed by atoms with Gasteiger partial charge in [0.25, 0.3) is 0 Å². The molecule has 1 saturated heterocycles. The Bertz CT molecular complexity index is 822. The Hall–Kier alpha value is -2.02. The quantitative estimate of drug-likeness (QED) is 0.775. The van der Waals surface area contributed by atoms with Crippen molar-refractivity contribution in [2.75, 3.05) is 13.1 Å². The molecule has 0 aliphatic carbocycles. The number of likely N-dealkylation sites (tertiary alicyclic amines) is 1. The molecule has 0 atom stereocenters. The van der Waals surface area contributed by atoms with E-state index in [4.69, 9.17) is 4.42 Å². The molecule has 5 nitrogen and oxygen atoms in total. The second kappa shape index (κ2) is 6.71. The van der Waals surface area contributed by atoms with Gasteiger partial charge in [-0.2, -0.15) is 0 Å². The lowest BCUT2D eigenvalue weighted by Crippen LogP contribution is -2.42. The largest absolute Gasteiger partial charge is 0.440 e. The zero-order valence-electron chi connectivity index (χ0n) is 14.2. The highest BCUT2D eigenvalue weighted by molar-refractivity contribution is 7.13.